The SMILES string of the molecule is Cc1cc(N2CC(C(O)NCC3(C)CCCCO3)C2)nc2c1c(=O)c(C(=O)O)cn2-c1nccs1. The lowest BCUT2D eigenvalue weighted by molar-refractivity contribution is -0.0740. The molecule has 186 valence electrons. The van der Waals surface area contributed by atoms with Gasteiger partial charge in [0.2, 0.25) is 5.43 Å². The average molecular weight is 500 g/mol. The van der Waals surface area contributed by atoms with Crippen molar-refractivity contribution < 1.29 is 19.7 Å². The van der Waals surface area contributed by atoms with Crippen molar-refractivity contribution >= 4 is 34.2 Å². The monoisotopic (exact) mass is 499 g/mol. The van der Waals surface area contributed by atoms with Crippen LogP contribution in [0.3, 0.4) is 0 Å². The maximum atomic E-state index is 12.9. The van der Waals surface area contributed by atoms with E-state index in [-0.39, 0.29) is 22.5 Å². The predicted molar refractivity (Wildman–Crippen MR) is 133 cm³/mol. The number of carbonyl (C=O) groups is 1. The van der Waals surface area contributed by atoms with Gasteiger partial charge in [0.1, 0.15) is 17.6 Å². The molecule has 2 aliphatic heterocycles. The fraction of sp³-hybridized carbons (Fsp3) is 0.500. The third-order valence-corrected chi connectivity index (χ3v) is 7.68. The van der Waals surface area contributed by atoms with E-state index >= 15 is 0 Å². The largest absolute Gasteiger partial charge is 0.477 e. The highest BCUT2D eigenvalue weighted by atomic mass is 32.1. The molecule has 2 aliphatic rings. The molecule has 2 fully saturated rings. The first-order valence-electron chi connectivity index (χ1n) is 11.8. The minimum absolute atomic E-state index is 0.0375. The van der Waals surface area contributed by atoms with E-state index in [0.29, 0.717) is 41.8 Å². The molecule has 2 atom stereocenters. The van der Waals surface area contributed by atoms with Crippen LogP contribution in [0.2, 0.25) is 0 Å². The number of hydrogen-bond donors (Lipinski definition) is 3. The number of carboxylic acid groups (broad SMARTS) is 1. The molecule has 0 aliphatic carbocycles. The van der Waals surface area contributed by atoms with Gasteiger partial charge in [-0.15, -0.1) is 11.3 Å². The quantitative estimate of drug-likeness (QED) is 0.419. The molecule has 0 radical (unpaired) electrons. The van der Waals surface area contributed by atoms with Crippen molar-refractivity contribution in [3.63, 3.8) is 0 Å². The molecule has 35 heavy (non-hydrogen) atoms. The molecule has 11 heteroatoms. The minimum atomic E-state index is -1.29. The number of pyridine rings is 2. The molecule has 10 nitrogen and oxygen atoms in total. The molecule has 2 saturated heterocycles. The van der Waals surface area contributed by atoms with Crippen LogP contribution < -0.4 is 15.6 Å². The molecule has 2 unspecified atom stereocenters. The average Bonchev–Trinajstić information content (AvgIpc) is 3.32. The van der Waals surface area contributed by atoms with Crippen molar-refractivity contribution in [1.82, 2.24) is 19.9 Å². The maximum absolute atomic E-state index is 12.9. The Morgan fingerprint density at radius 3 is 2.86 bits per heavy atom. The summed E-state index contributed by atoms with van der Waals surface area (Å²) in [6.45, 7) is 6.45. The Bertz CT molecular complexity index is 1300. The summed E-state index contributed by atoms with van der Waals surface area (Å²) in [5.74, 6) is -0.574. The molecular formula is C24H29N5O5S. The molecule has 0 aromatic carbocycles. The van der Waals surface area contributed by atoms with Gasteiger partial charge in [-0.25, -0.2) is 14.8 Å². The Morgan fingerprint density at radius 1 is 1.40 bits per heavy atom. The van der Waals surface area contributed by atoms with Crippen LogP contribution in [0.1, 0.15) is 42.1 Å². The second kappa shape index (κ2) is 9.30. The second-order valence-corrected chi connectivity index (χ2v) is 10.5. The standard InChI is InChI=1S/C24H29N5O5S/c1-14-9-17(28-10-15(11-28)21(31)26-13-24(2)5-3-4-7-34-24)27-20-18(14)19(30)16(22(32)33)12-29(20)23-25-6-8-35-23/h6,8-9,12,15,21,26,31H,3-5,7,10-11,13H2,1-2H3,(H,32,33). The van der Waals surface area contributed by atoms with Gasteiger partial charge in [0.15, 0.2) is 10.8 Å². The molecule has 3 aromatic heterocycles. The molecule has 0 saturated carbocycles. The Kier molecular flexibility index (Phi) is 6.34. The van der Waals surface area contributed by atoms with E-state index in [1.54, 1.807) is 29.1 Å². The highest BCUT2D eigenvalue weighted by Crippen LogP contribution is 2.30. The first-order chi connectivity index (χ1) is 16.8. The number of carboxylic acids is 1. The number of aromatic nitrogens is 3. The lowest BCUT2D eigenvalue weighted by Crippen LogP contribution is -2.58. The molecule has 5 heterocycles. The molecule has 3 aromatic rings. The zero-order chi connectivity index (χ0) is 24.7. The topological polar surface area (TPSA) is 130 Å². The molecule has 0 spiro atoms. The van der Waals surface area contributed by atoms with Crippen molar-refractivity contribution in [2.24, 2.45) is 5.92 Å². The van der Waals surface area contributed by atoms with Gasteiger partial charge < -0.3 is 19.8 Å². The summed E-state index contributed by atoms with van der Waals surface area (Å²) in [7, 11) is 0. The lowest BCUT2D eigenvalue weighted by atomic mass is 9.94. The van der Waals surface area contributed by atoms with Crippen LogP contribution in [0.25, 0.3) is 16.2 Å². The first-order valence-corrected chi connectivity index (χ1v) is 12.6. The van der Waals surface area contributed by atoms with E-state index < -0.39 is 17.6 Å². The fourth-order valence-corrected chi connectivity index (χ4v) is 5.41. The van der Waals surface area contributed by atoms with Crippen LogP contribution in [0.15, 0.2) is 28.6 Å². The number of ether oxygens (including phenoxy) is 1. The number of aliphatic hydroxyl groups excluding tert-OH is 1. The van der Waals surface area contributed by atoms with Gasteiger partial charge in [0.25, 0.3) is 0 Å². The third-order valence-electron chi connectivity index (χ3n) is 6.91. The summed E-state index contributed by atoms with van der Waals surface area (Å²) in [5.41, 5.74) is -0.105. The summed E-state index contributed by atoms with van der Waals surface area (Å²) in [5, 5.41) is 26.0. The second-order valence-electron chi connectivity index (χ2n) is 9.60. The summed E-state index contributed by atoms with van der Waals surface area (Å²) < 4.78 is 7.47. The van der Waals surface area contributed by atoms with E-state index in [4.69, 9.17) is 9.72 Å². The van der Waals surface area contributed by atoms with Gasteiger partial charge in [-0.05, 0) is 44.7 Å². The number of fused-ring (bicyclic) bond motifs is 1. The predicted octanol–water partition coefficient (Wildman–Crippen LogP) is 2.15. The van der Waals surface area contributed by atoms with E-state index in [1.165, 1.54) is 17.5 Å². The number of aromatic carboxylic acids is 1. The van der Waals surface area contributed by atoms with Gasteiger partial charge in [0.05, 0.1) is 11.0 Å². The minimum Gasteiger partial charge on any atom is -0.477 e. The van der Waals surface area contributed by atoms with Gasteiger partial charge in [-0.1, -0.05) is 0 Å². The van der Waals surface area contributed by atoms with Crippen LogP contribution >= 0.6 is 11.3 Å². The fourth-order valence-electron chi connectivity index (χ4n) is 4.79. The van der Waals surface area contributed by atoms with Crippen molar-refractivity contribution in [3.8, 4) is 5.13 Å². The zero-order valence-electron chi connectivity index (χ0n) is 19.7. The number of rotatable bonds is 7. The van der Waals surface area contributed by atoms with Crippen molar-refractivity contribution in [2.45, 2.75) is 44.9 Å². The van der Waals surface area contributed by atoms with E-state index in [0.717, 1.165) is 25.9 Å². The molecule has 3 N–H and O–H groups in total. The van der Waals surface area contributed by atoms with Crippen LogP contribution in [-0.2, 0) is 4.74 Å². The van der Waals surface area contributed by atoms with Crippen molar-refractivity contribution in [1.29, 1.82) is 0 Å². The summed E-state index contributed by atoms with van der Waals surface area (Å²) in [4.78, 5) is 35.7. The number of anilines is 1. The number of aliphatic hydroxyl groups is 1. The summed E-state index contributed by atoms with van der Waals surface area (Å²) in [6.07, 6.45) is 5.47. The normalized spacial score (nSPS) is 21.7. The van der Waals surface area contributed by atoms with E-state index in [1.807, 2.05) is 4.90 Å². The van der Waals surface area contributed by atoms with Crippen LogP contribution in [0.5, 0.6) is 0 Å². The van der Waals surface area contributed by atoms with Crippen LogP contribution in [0.4, 0.5) is 5.82 Å². The van der Waals surface area contributed by atoms with Crippen LogP contribution in [0, 0.1) is 12.8 Å². The Balaban J connectivity index is 1.37. The smallest absolute Gasteiger partial charge is 0.341 e. The number of nitrogens with zero attached hydrogens (tertiary/aromatic N) is 4. The Morgan fingerprint density at radius 2 is 2.20 bits per heavy atom. The third kappa shape index (κ3) is 4.56. The van der Waals surface area contributed by atoms with Gasteiger partial charge in [-0.3, -0.25) is 14.7 Å². The molecular weight excluding hydrogens is 470 g/mol. The van der Waals surface area contributed by atoms with Gasteiger partial charge in [0, 0.05) is 49.9 Å². The lowest BCUT2D eigenvalue weighted by Gasteiger charge is -2.43. The maximum Gasteiger partial charge on any atom is 0.341 e. The van der Waals surface area contributed by atoms with Crippen LogP contribution in [-0.4, -0.2) is 68.8 Å². The first kappa shape index (κ1) is 23.9. The highest BCUT2D eigenvalue weighted by Gasteiger charge is 2.36. The highest BCUT2D eigenvalue weighted by molar-refractivity contribution is 7.12. The number of aryl methyl sites for hydroxylation is 1. The van der Waals surface area contributed by atoms with Gasteiger partial charge >= 0.3 is 5.97 Å². The van der Waals surface area contributed by atoms with Gasteiger partial charge in [-0.2, -0.15) is 0 Å². The Labute approximate surface area is 206 Å². The zero-order valence-corrected chi connectivity index (χ0v) is 20.5. The number of nitrogens with one attached hydrogen (secondary N) is 1. The molecule has 0 amide bonds. The summed E-state index contributed by atoms with van der Waals surface area (Å²) in [6, 6.07) is 1.80. The molecule has 0 bridgehead atoms. The Hall–Kier alpha value is -2.86. The van der Waals surface area contributed by atoms with Crippen molar-refractivity contribution in [3.05, 3.63) is 45.2 Å². The summed E-state index contributed by atoms with van der Waals surface area (Å²) >= 11 is 1.33. The molecule has 5 rings (SSSR count). The number of thiazole rings is 1. The van der Waals surface area contributed by atoms with E-state index in [9.17, 15) is 19.8 Å². The number of hydrogen-bond acceptors (Lipinski definition) is 9. The van der Waals surface area contributed by atoms with E-state index in [2.05, 4.69) is 17.2 Å². The van der Waals surface area contributed by atoms with Crippen molar-refractivity contribution in [2.75, 3.05) is 31.1 Å².